The van der Waals surface area contributed by atoms with Gasteiger partial charge in [0.2, 0.25) is 5.91 Å². The third-order valence-corrected chi connectivity index (χ3v) is 4.65. The van der Waals surface area contributed by atoms with Crippen molar-refractivity contribution >= 4 is 11.9 Å². The molecule has 0 N–H and O–H groups in total. The fraction of sp³-hybridized carbons (Fsp3) is 0.733. The van der Waals surface area contributed by atoms with E-state index in [0.717, 1.165) is 19.6 Å². The van der Waals surface area contributed by atoms with Crippen LogP contribution in [0.5, 0.6) is 0 Å². The van der Waals surface area contributed by atoms with Gasteiger partial charge in [0.05, 0.1) is 26.7 Å². The van der Waals surface area contributed by atoms with E-state index in [1.54, 1.807) is 6.92 Å². The highest BCUT2D eigenvalue weighted by atomic mass is 16.5. The zero-order valence-corrected chi connectivity index (χ0v) is 13.6. The number of likely N-dealkylation sites (tertiary alicyclic amines) is 1. The van der Waals surface area contributed by atoms with Gasteiger partial charge in [-0.05, 0) is 27.2 Å². The monoisotopic (exact) mass is 298 g/mol. The summed E-state index contributed by atoms with van der Waals surface area (Å²) in [6, 6.07) is 0. The molecule has 1 amide bonds. The zero-order valence-electron chi connectivity index (χ0n) is 13.6. The molecule has 0 bridgehead atoms. The lowest BCUT2D eigenvalue weighted by Gasteiger charge is -2.53. The highest BCUT2D eigenvalue weighted by Gasteiger charge is 2.51. The lowest BCUT2D eigenvalue weighted by Crippen LogP contribution is -2.70. The lowest BCUT2D eigenvalue weighted by molar-refractivity contribution is -0.958. The fourth-order valence-corrected chi connectivity index (χ4v) is 3.03. The van der Waals surface area contributed by atoms with Crippen molar-refractivity contribution in [3.05, 3.63) is 11.5 Å². The van der Waals surface area contributed by atoms with Gasteiger partial charge in [-0.2, -0.15) is 0 Å². The third-order valence-electron chi connectivity index (χ3n) is 4.65. The Morgan fingerprint density at radius 3 is 2.14 bits per heavy atom. The van der Waals surface area contributed by atoms with Crippen molar-refractivity contribution in [3.63, 3.8) is 0 Å². The summed E-state index contributed by atoms with van der Waals surface area (Å²) >= 11 is 0. The number of hydrogen-bond donors (Lipinski definition) is 0. The SMILES string of the molecule is CC/C([O-])=C(\C(=O)OC)N1C(=O)CC1[N+](CC)(CC)CC. The number of methoxy groups -OCH3 is 1. The Morgan fingerprint density at radius 1 is 1.29 bits per heavy atom. The van der Waals surface area contributed by atoms with Crippen LogP contribution in [-0.2, 0) is 14.3 Å². The number of hydrogen-bond acceptors (Lipinski definition) is 4. The lowest BCUT2D eigenvalue weighted by atomic mass is 10.0. The van der Waals surface area contributed by atoms with Gasteiger partial charge in [0, 0.05) is 0 Å². The van der Waals surface area contributed by atoms with E-state index in [4.69, 9.17) is 4.74 Å². The second kappa shape index (κ2) is 6.93. The van der Waals surface area contributed by atoms with Crippen molar-refractivity contribution in [2.24, 2.45) is 0 Å². The molecule has 21 heavy (non-hydrogen) atoms. The van der Waals surface area contributed by atoms with Gasteiger partial charge in [0.1, 0.15) is 12.1 Å². The summed E-state index contributed by atoms with van der Waals surface area (Å²) < 4.78 is 5.39. The molecule has 1 aliphatic rings. The number of rotatable bonds is 7. The number of carbonyl (C=O) groups is 2. The molecule has 120 valence electrons. The molecule has 6 heteroatoms. The normalized spacial score (nSPS) is 20.0. The summed E-state index contributed by atoms with van der Waals surface area (Å²) in [5.74, 6) is -1.25. The predicted molar refractivity (Wildman–Crippen MR) is 76.5 cm³/mol. The van der Waals surface area contributed by atoms with Crippen LogP contribution in [0.2, 0.25) is 0 Å². The second-order valence-corrected chi connectivity index (χ2v) is 5.23. The van der Waals surface area contributed by atoms with E-state index in [1.165, 1.54) is 12.0 Å². The van der Waals surface area contributed by atoms with Gasteiger partial charge < -0.3 is 14.3 Å². The van der Waals surface area contributed by atoms with Crippen molar-refractivity contribution in [2.45, 2.75) is 46.7 Å². The topological polar surface area (TPSA) is 69.7 Å². The second-order valence-electron chi connectivity index (χ2n) is 5.23. The Bertz CT molecular complexity index is 433. The first kappa shape index (κ1) is 17.5. The summed E-state index contributed by atoms with van der Waals surface area (Å²) in [6.07, 6.45) is 0.389. The van der Waals surface area contributed by atoms with Crippen LogP contribution in [0.25, 0.3) is 0 Å². The van der Waals surface area contributed by atoms with E-state index in [1.807, 2.05) is 0 Å². The van der Waals surface area contributed by atoms with Gasteiger partial charge in [0.25, 0.3) is 0 Å². The molecule has 0 aromatic rings. The van der Waals surface area contributed by atoms with Gasteiger partial charge in [-0.3, -0.25) is 9.69 Å². The van der Waals surface area contributed by atoms with Crippen LogP contribution in [0.1, 0.15) is 40.5 Å². The number of allylic oxidation sites excluding steroid dienone is 1. The third kappa shape index (κ3) is 2.90. The summed E-state index contributed by atoms with van der Waals surface area (Å²) in [6.45, 7) is 10.4. The molecule has 0 spiro atoms. The van der Waals surface area contributed by atoms with Crippen molar-refractivity contribution in [1.82, 2.24) is 4.90 Å². The summed E-state index contributed by atoms with van der Waals surface area (Å²) in [5.41, 5.74) is -0.112. The van der Waals surface area contributed by atoms with Gasteiger partial charge in [0.15, 0.2) is 6.17 Å². The Kier molecular flexibility index (Phi) is 5.78. The fourth-order valence-electron chi connectivity index (χ4n) is 3.03. The van der Waals surface area contributed by atoms with Crippen LogP contribution in [0.3, 0.4) is 0 Å². The Hall–Kier alpha value is -1.56. The van der Waals surface area contributed by atoms with Gasteiger partial charge in [-0.15, -0.1) is 5.76 Å². The van der Waals surface area contributed by atoms with E-state index >= 15 is 0 Å². The number of amides is 1. The molecule has 0 saturated carbocycles. The molecule has 1 unspecified atom stereocenters. The predicted octanol–water partition coefficient (Wildman–Crippen LogP) is 0.576. The molecule has 1 atom stereocenters. The van der Waals surface area contributed by atoms with E-state index in [9.17, 15) is 14.7 Å². The Labute approximate surface area is 126 Å². The maximum atomic E-state index is 12.1. The maximum absolute atomic E-state index is 12.1. The van der Waals surface area contributed by atoms with Gasteiger partial charge in [-0.25, -0.2) is 4.79 Å². The van der Waals surface area contributed by atoms with E-state index < -0.39 is 5.97 Å². The molecule has 0 aromatic carbocycles. The molecule has 1 rings (SSSR count). The molecule has 0 aromatic heterocycles. The van der Waals surface area contributed by atoms with Crippen LogP contribution in [0.15, 0.2) is 11.5 Å². The van der Waals surface area contributed by atoms with Crippen LogP contribution >= 0.6 is 0 Å². The highest BCUT2D eigenvalue weighted by molar-refractivity contribution is 5.97. The van der Waals surface area contributed by atoms with Crippen LogP contribution < -0.4 is 5.11 Å². The summed E-state index contributed by atoms with van der Waals surface area (Å²) in [7, 11) is 1.23. The summed E-state index contributed by atoms with van der Waals surface area (Å²) in [5, 5.41) is 12.1. The highest BCUT2D eigenvalue weighted by Crippen LogP contribution is 2.34. The molecular formula is C15H26N2O4. The minimum atomic E-state index is -0.721. The molecule has 1 fully saturated rings. The largest absolute Gasteiger partial charge is 0.874 e. The number of quaternary nitrogens is 1. The molecule has 6 nitrogen and oxygen atoms in total. The smallest absolute Gasteiger partial charge is 0.353 e. The number of nitrogens with zero attached hydrogens (tertiary/aromatic N) is 2. The van der Waals surface area contributed by atoms with Gasteiger partial charge >= 0.3 is 5.97 Å². The van der Waals surface area contributed by atoms with Gasteiger partial charge in [-0.1, -0.05) is 6.92 Å². The zero-order chi connectivity index (χ0) is 16.2. The standard InChI is InChI=1S/C15H26N2O4/c1-6-11(18)14(15(20)21-5)16-12(10-13(16)19)17(7-2,8-3)9-4/h12H,6-10H2,1-5H3. The average Bonchev–Trinajstić information content (AvgIpc) is 2.52. The van der Waals surface area contributed by atoms with Crippen LogP contribution in [0, 0.1) is 0 Å². The van der Waals surface area contributed by atoms with Crippen LogP contribution in [-0.4, -0.2) is 54.2 Å². The van der Waals surface area contributed by atoms with Crippen molar-refractivity contribution in [2.75, 3.05) is 26.7 Å². The van der Waals surface area contributed by atoms with E-state index in [2.05, 4.69) is 20.8 Å². The molecule has 0 aliphatic carbocycles. The number of β-lactam (4-membered cyclic amide) rings is 1. The quantitative estimate of drug-likeness (QED) is 0.227. The van der Waals surface area contributed by atoms with Crippen molar-refractivity contribution in [1.29, 1.82) is 0 Å². The summed E-state index contributed by atoms with van der Waals surface area (Å²) in [4.78, 5) is 25.4. The van der Waals surface area contributed by atoms with Crippen LogP contribution in [0.4, 0.5) is 0 Å². The maximum Gasteiger partial charge on any atom is 0.353 e. The minimum Gasteiger partial charge on any atom is -0.874 e. The van der Waals surface area contributed by atoms with Crippen molar-refractivity contribution in [3.8, 4) is 0 Å². The first-order valence-corrected chi connectivity index (χ1v) is 7.58. The first-order valence-electron chi connectivity index (χ1n) is 7.58. The molecule has 1 heterocycles. The van der Waals surface area contributed by atoms with Crippen molar-refractivity contribution < 1.29 is 23.9 Å². The minimum absolute atomic E-state index is 0.112. The Morgan fingerprint density at radius 2 is 1.81 bits per heavy atom. The Balaban J connectivity index is 3.24. The first-order chi connectivity index (χ1) is 9.92. The molecular weight excluding hydrogens is 272 g/mol. The molecule has 1 aliphatic heterocycles. The number of carbonyl (C=O) groups excluding carboxylic acids is 2. The average molecular weight is 298 g/mol. The number of ether oxygens (including phenoxy) is 1. The number of esters is 1. The van der Waals surface area contributed by atoms with E-state index in [0.29, 0.717) is 10.9 Å². The van der Waals surface area contributed by atoms with E-state index in [-0.39, 0.29) is 29.9 Å². The molecule has 1 saturated heterocycles. The molecule has 0 radical (unpaired) electrons.